The summed E-state index contributed by atoms with van der Waals surface area (Å²) in [5.41, 5.74) is 0.985. The molecule has 3 aromatic rings. The van der Waals surface area contributed by atoms with Crippen molar-refractivity contribution in [3.05, 3.63) is 55.6 Å². The SMILES string of the molecule is [2H]c1c(O)c(O)c([2H])c2c(C(=O)c3cc(Br)c(C)c(Br)c3)c(CCO)oc12. The first-order valence-electron chi connectivity index (χ1n) is 8.26. The molecule has 0 atom stereocenters. The number of aliphatic hydroxyl groups is 1. The highest BCUT2D eigenvalue weighted by atomic mass is 79.9. The van der Waals surface area contributed by atoms with Crippen LogP contribution < -0.4 is 0 Å². The van der Waals surface area contributed by atoms with E-state index in [0.29, 0.717) is 14.5 Å². The number of hydrogen-bond donors (Lipinski definition) is 3. The molecule has 25 heavy (non-hydrogen) atoms. The van der Waals surface area contributed by atoms with Crippen LogP contribution in [0.3, 0.4) is 0 Å². The van der Waals surface area contributed by atoms with Crippen molar-refractivity contribution in [3.63, 3.8) is 0 Å². The fourth-order valence-corrected chi connectivity index (χ4v) is 3.65. The minimum absolute atomic E-state index is 0.0181. The number of aliphatic hydroxyl groups excluding tert-OH is 1. The minimum Gasteiger partial charge on any atom is -0.504 e. The predicted octanol–water partition coefficient (Wildman–Crippen LogP) is 4.44. The van der Waals surface area contributed by atoms with Crippen molar-refractivity contribution in [3.8, 4) is 11.5 Å². The summed E-state index contributed by atoms with van der Waals surface area (Å²) in [4.78, 5) is 13.2. The van der Waals surface area contributed by atoms with Crippen LogP contribution in [0.15, 0.2) is 37.6 Å². The van der Waals surface area contributed by atoms with E-state index >= 15 is 0 Å². The zero-order valence-electron chi connectivity index (χ0n) is 15.0. The van der Waals surface area contributed by atoms with E-state index in [1.165, 1.54) is 0 Å². The van der Waals surface area contributed by atoms with Gasteiger partial charge in [0.25, 0.3) is 0 Å². The Labute approximate surface area is 163 Å². The first kappa shape index (κ1) is 15.4. The summed E-state index contributed by atoms with van der Waals surface area (Å²) in [6.07, 6.45) is -0.0235. The Morgan fingerprint density at radius 1 is 1.20 bits per heavy atom. The third-order valence-corrected chi connectivity index (χ3v) is 5.44. The van der Waals surface area contributed by atoms with Gasteiger partial charge in [0.2, 0.25) is 0 Å². The van der Waals surface area contributed by atoms with Gasteiger partial charge in [0.05, 0.1) is 14.9 Å². The number of benzene rings is 2. The van der Waals surface area contributed by atoms with E-state index in [2.05, 4.69) is 31.9 Å². The molecule has 0 amide bonds. The first-order valence-corrected chi connectivity index (χ1v) is 8.85. The summed E-state index contributed by atoms with van der Waals surface area (Å²) in [5, 5.41) is 29.0. The van der Waals surface area contributed by atoms with Crippen molar-refractivity contribution in [1.82, 2.24) is 0 Å². The number of phenolic OH excluding ortho intramolecular Hbond substituents is 2. The van der Waals surface area contributed by atoms with Crippen LogP contribution in [0, 0.1) is 6.92 Å². The lowest BCUT2D eigenvalue weighted by atomic mass is 9.98. The van der Waals surface area contributed by atoms with Crippen LogP contribution in [0.5, 0.6) is 11.5 Å². The van der Waals surface area contributed by atoms with E-state index in [9.17, 15) is 20.1 Å². The Morgan fingerprint density at radius 3 is 2.40 bits per heavy atom. The average molecular weight is 472 g/mol. The lowest BCUT2D eigenvalue weighted by molar-refractivity contribution is 0.103. The highest BCUT2D eigenvalue weighted by molar-refractivity contribution is 9.11. The number of phenols is 2. The monoisotopic (exact) mass is 470 g/mol. The van der Waals surface area contributed by atoms with Crippen LogP contribution >= 0.6 is 31.9 Å². The average Bonchev–Trinajstić information content (AvgIpc) is 3.01. The van der Waals surface area contributed by atoms with Gasteiger partial charge in [-0.1, -0.05) is 31.9 Å². The summed E-state index contributed by atoms with van der Waals surface area (Å²) in [5.74, 6) is -2.00. The number of rotatable bonds is 4. The zero-order chi connectivity index (χ0) is 20.0. The van der Waals surface area contributed by atoms with E-state index in [-0.39, 0.29) is 35.3 Å². The van der Waals surface area contributed by atoms with Gasteiger partial charge in [-0.3, -0.25) is 4.79 Å². The molecule has 0 aliphatic heterocycles. The second-order valence-electron chi connectivity index (χ2n) is 5.42. The van der Waals surface area contributed by atoms with Gasteiger partial charge in [-0.2, -0.15) is 0 Å². The lowest BCUT2D eigenvalue weighted by Gasteiger charge is -2.07. The van der Waals surface area contributed by atoms with Crippen molar-refractivity contribution in [2.45, 2.75) is 13.3 Å². The number of carbonyl (C=O) groups excluding carboxylic acids is 1. The van der Waals surface area contributed by atoms with Crippen LogP contribution in [0.2, 0.25) is 0 Å². The molecule has 2 aromatic carbocycles. The van der Waals surface area contributed by atoms with Crippen LogP contribution in [-0.4, -0.2) is 27.7 Å². The molecule has 0 unspecified atom stereocenters. The van der Waals surface area contributed by atoms with Crippen molar-refractivity contribution in [2.24, 2.45) is 0 Å². The van der Waals surface area contributed by atoms with Crippen LogP contribution in [0.25, 0.3) is 11.0 Å². The molecule has 0 spiro atoms. The van der Waals surface area contributed by atoms with Gasteiger partial charge in [-0.05, 0) is 30.7 Å². The summed E-state index contributed by atoms with van der Waals surface area (Å²) in [6.45, 7) is 1.54. The number of halogens is 2. The fourth-order valence-electron chi connectivity index (χ4n) is 2.47. The Balaban J connectivity index is 2.36. The standard InChI is InChI=1S/C18H14Br2O5/c1-8-11(19)4-9(5-12(8)20)18(24)17-10-6-13(22)14(23)7-16(10)25-15(17)2-3-21/h4-7,21-23H,2-3H2,1H3/i6D,7D. The predicted molar refractivity (Wildman–Crippen MR) is 100 cm³/mol. The Hall–Kier alpha value is -1.83. The molecule has 130 valence electrons. The summed E-state index contributed by atoms with van der Waals surface area (Å²) >= 11 is 6.78. The molecule has 0 saturated heterocycles. The van der Waals surface area contributed by atoms with E-state index in [1.807, 2.05) is 6.92 Å². The quantitative estimate of drug-likeness (QED) is 0.386. The number of carbonyl (C=O) groups is 1. The third kappa shape index (κ3) is 3.19. The minimum atomic E-state index is -0.802. The van der Waals surface area contributed by atoms with E-state index in [1.54, 1.807) is 12.1 Å². The number of furan rings is 1. The van der Waals surface area contributed by atoms with Gasteiger partial charge in [-0.25, -0.2) is 0 Å². The lowest BCUT2D eigenvalue weighted by Crippen LogP contribution is -2.05. The topological polar surface area (TPSA) is 90.9 Å². The van der Waals surface area contributed by atoms with Gasteiger partial charge in [-0.15, -0.1) is 0 Å². The molecule has 0 bridgehead atoms. The normalized spacial score (nSPS) is 12.3. The van der Waals surface area contributed by atoms with E-state index in [0.717, 1.165) is 5.56 Å². The number of aromatic hydroxyl groups is 2. The third-order valence-electron chi connectivity index (χ3n) is 3.79. The summed E-state index contributed by atoms with van der Waals surface area (Å²) in [7, 11) is 0. The molecule has 0 saturated carbocycles. The van der Waals surface area contributed by atoms with Crippen molar-refractivity contribution >= 4 is 48.6 Å². The first-order chi connectivity index (χ1) is 12.7. The van der Waals surface area contributed by atoms with E-state index < -0.39 is 29.4 Å². The van der Waals surface area contributed by atoms with Gasteiger partial charge < -0.3 is 19.7 Å². The maximum Gasteiger partial charge on any atom is 0.197 e. The molecule has 0 radical (unpaired) electrons. The fraction of sp³-hybridized carbons (Fsp3) is 0.167. The van der Waals surface area contributed by atoms with Crippen molar-refractivity contribution in [2.75, 3.05) is 6.61 Å². The number of ketones is 1. The van der Waals surface area contributed by atoms with Gasteiger partial charge in [0.15, 0.2) is 17.3 Å². The summed E-state index contributed by atoms with van der Waals surface area (Å²) in [6, 6.07) is 2.20. The molecule has 1 aromatic heterocycles. The maximum atomic E-state index is 13.2. The van der Waals surface area contributed by atoms with Gasteiger partial charge in [0, 0.05) is 32.4 Å². The Morgan fingerprint density at radius 2 is 1.80 bits per heavy atom. The number of fused-ring (bicyclic) bond motifs is 1. The highest BCUT2D eigenvalue weighted by Gasteiger charge is 2.24. The second kappa shape index (κ2) is 6.82. The van der Waals surface area contributed by atoms with Crippen LogP contribution in [0.4, 0.5) is 0 Å². The Bertz CT molecular complexity index is 1070. The van der Waals surface area contributed by atoms with Gasteiger partial charge in [0.1, 0.15) is 11.3 Å². The second-order valence-corrected chi connectivity index (χ2v) is 7.13. The largest absolute Gasteiger partial charge is 0.504 e. The van der Waals surface area contributed by atoms with E-state index in [4.69, 9.17) is 7.16 Å². The molecule has 3 rings (SSSR count). The molecular weight excluding hydrogens is 456 g/mol. The van der Waals surface area contributed by atoms with Crippen molar-refractivity contribution < 1.29 is 27.3 Å². The molecule has 0 fully saturated rings. The maximum absolute atomic E-state index is 13.2. The molecule has 7 heteroatoms. The smallest absolute Gasteiger partial charge is 0.197 e. The number of hydrogen-bond acceptors (Lipinski definition) is 5. The molecule has 3 N–H and O–H groups in total. The molecule has 5 nitrogen and oxygen atoms in total. The van der Waals surface area contributed by atoms with Gasteiger partial charge >= 0.3 is 0 Å². The van der Waals surface area contributed by atoms with Crippen molar-refractivity contribution in [1.29, 1.82) is 0 Å². The highest BCUT2D eigenvalue weighted by Crippen LogP contribution is 2.37. The molecule has 1 heterocycles. The molecule has 0 aliphatic carbocycles. The Kier molecular flexibility index (Phi) is 4.21. The zero-order valence-corrected chi connectivity index (χ0v) is 16.2. The van der Waals surface area contributed by atoms with Crippen LogP contribution in [0.1, 0.15) is 30.0 Å². The summed E-state index contributed by atoms with van der Waals surface area (Å²) < 4.78 is 23.0. The molecule has 0 aliphatic rings. The molecular formula is C18H14Br2O5. The van der Waals surface area contributed by atoms with Crippen LogP contribution in [-0.2, 0) is 6.42 Å².